The van der Waals surface area contributed by atoms with Gasteiger partial charge < -0.3 is 14.2 Å². The van der Waals surface area contributed by atoms with E-state index >= 15 is 0 Å². The van der Waals surface area contributed by atoms with Gasteiger partial charge in [0.05, 0.1) is 23.0 Å². The van der Waals surface area contributed by atoms with E-state index in [2.05, 4.69) is 15.5 Å². The van der Waals surface area contributed by atoms with Crippen molar-refractivity contribution in [3.63, 3.8) is 0 Å². The largest absolute Gasteiger partial charge is 0.467 e. The Balaban J connectivity index is 1.42. The van der Waals surface area contributed by atoms with E-state index in [1.165, 1.54) is 4.31 Å². The van der Waals surface area contributed by atoms with Crippen LogP contribution in [0.1, 0.15) is 31.9 Å². The highest BCUT2D eigenvalue weighted by atomic mass is 32.2. The molecule has 0 saturated carbocycles. The molecule has 3 aromatic rings. The highest BCUT2D eigenvalue weighted by molar-refractivity contribution is 8.00. The van der Waals surface area contributed by atoms with Crippen LogP contribution in [0.25, 0.3) is 11.5 Å². The van der Waals surface area contributed by atoms with Crippen LogP contribution in [0.3, 0.4) is 0 Å². The molecule has 1 saturated heterocycles. The maximum atomic E-state index is 12.9. The van der Waals surface area contributed by atoms with Gasteiger partial charge in [-0.2, -0.15) is 4.31 Å². The molecule has 32 heavy (non-hydrogen) atoms. The summed E-state index contributed by atoms with van der Waals surface area (Å²) >= 11 is 1.13. The molecule has 1 aliphatic rings. The van der Waals surface area contributed by atoms with E-state index in [0.717, 1.165) is 31.0 Å². The summed E-state index contributed by atoms with van der Waals surface area (Å²) in [6.07, 6.45) is 4.34. The number of hydrogen-bond acceptors (Lipinski definition) is 8. The molecule has 170 valence electrons. The number of nitrogens with zero attached hydrogens (tertiary/aromatic N) is 3. The zero-order chi connectivity index (χ0) is 22.6. The molecular formula is C21H24N4O5S2. The molecule has 1 fully saturated rings. The van der Waals surface area contributed by atoms with Crippen LogP contribution in [0, 0.1) is 0 Å². The summed E-state index contributed by atoms with van der Waals surface area (Å²) in [5, 5.41) is 10.6. The summed E-state index contributed by atoms with van der Waals surface area (Å²) in [5.41, 5.74) is 0.511. The lowest BCUT2D eigenvalue weighted by Gasteiger charge is -2.25. The van der Waals surface area contributed by atoms with E-state index < -0.39 is 15.3 Å². The Morgan fingerprint density at radius 3 is 2.75 bits per heavy atom. The van der Waals surface area contributed by atoms with Crippen molar-refractivity contribution in [2.75, 3.05) is 13.1 Å². The van der Waals surface area contributed by atoms with Crippen molar-refractivity contribution < 1.29 is 22.0 Å². The molecule has 11 heteroatoms. The molecule has 1 aliphatic heterocycles. The van der Waals surface area contributed by atoms with Crippen molar-refractivity contribution in [3.05, 3.63) is 48.4 Å². The number of carbonyl (C=O) groups excluding carboxylic acids is 1. The van der Waals surface area contributed by atoms with Crippen LogP contribution in [0.4, 0.5) is 0 Å². The summed E-state index contributed by atoms with van der Waals surface area (Å²) in [6.45, 7) is 3.10. The average molecular weight is 477 g/mol. The smallest absolute Gasteiger partial charge is 0.277 e. The van der Waals surface area contributed by atoms with Crippen LogP contribution in [-0.4, -0.2) is 47.2 Å². The van der Waals surface area contributed by atoms with Crippen LogP contribution in [0.15, 0.2) is 61.6 Å². The van der Waals surface area contributed by atoms with Crippen molar-refractivity contribution in [1.82, 2.24) is 19.8 Å². The molecule has 0 aliphatic carbocycles. The molecular weight excluding hydrogens is 452 g/mol. The Bertz CT molecular complexity index is 1150. The molecule has 2 aromatic heterocycles. The third kappa shape index (κ3) is 5.22. The highest BCUT2D eigenvalue weighted by Gasteiger charge is 2.26. The number of rotatable bonds is 8. The number of nitrogens with one attached hydrogen (secondary N) is 1. The number of aromatic nitrogens is 2. The van der Waals surface area contributed by atoms with Gasteiger partial charge in [0, 0.05) is 18.7 Å². The van der Waals surface area contributed by atoms with E-state index in [1.807, 2.05) is 0 Å². The van der Waals surface area contributed by atoms with E-state index in [4.69, 9.17) is 8.83 Å². The first kappa shape index (κ1) is 22.6. The van der Waals surface area contributed by atoms with Crippen LogP contribution < -0.4 is 5.32 Å². The van der Waals surface area contributed by atoms with Gasteiger partial charge in [-0.25, -0.2) is 8.42 Å². The minimum Gasteiger partial charge on any atom is -0.467 e. The molecule has 1 amide bonds. The van der Waals surface area contributed by atoms with E-state index in [0.29, 0.717) is 31.0 Å². The molecule has 9 nitrogen and oxygen atoms in total. The number of piperidine rings is 1. The number of carbonyl (C=O) groups is 1. The predicted molar refractivity (Wildman–Crippen MR) is 118 cm³/mol. The lowest BCUT2D eigenvalue weighted by molar-refractivity contribution is -0.120. The van der Waals surface area contributed by atoms with Gasteiger partial charge in [-0.1, -0.05) is 24.2 Å². The van der Waals surface area contributed by atoms with Crippen molar-refractivity contribution >= 4 is 27.7 Å². The molecule has 0 spiro atoms. The summed E-state index contributed by atoms with van der Waals surface area (Å²) in [5.74, 6) is 0.669. The molecule has 0 radical (unpaired) electrons. The van der Waals surface area contributed by atoms with Crippen molar-refractivity contribution in [2.45, 2.75) is 48.1 Å². The number of furan rings is 1. The van der Waals surface area contributed by atoms with Crippen LogP contribution >= 0.6 is 11.8 Å². The van der Waals surface area contributed by atoms with Gasteiger partial charge in [-0.3, -0.25) is 4.79 Å². The van der Waals surface area contributed by atoms with Gasteiger partial charge in [-0.05, 0) is 50.1 Å². The zero-order valence-electron chi connectivity index (χ0n) is 17.6. The molecule has 0 unspecified atom stereocenters. The fraction of sp³-hybridized carbons (Fsp3) is 0.381. The Labute approximate surface area is 190 Å². The lowest BCUT2D eigenvalue weighted by atomic mass is 10.2. The molecule has 3 heterocycles. The first-order valence-electron chi connectivity index (χ1n) is 10.3. The predicted octanol–water partition coefficient (Wildman–Crippen LogP) is 3.30. The standard InChI is InChI=1S/C21H24N4O5S2/c1-15(19(26)22-14-17-8-6-12-29-17)31-21-24-23-20(30-21)16-7-5-9-18(13-16)32(27,28)25-10-3-2-4-11-25/h5-9,12-13,15H,2-4,10-11,14H2,1H3,(H,22,26)/t15-/m0/s1. The number of thioether (sulfide) groups is 1. The van der Waals surface area contributed by atoms with Gasteiger partial charge >= 0.3 is 0 Å². The Hall–Kier alpha value is -2.63. The third-order valence-corrected chi connectivity index (χ3v) is 7.93. The lowest BCUT2D eigenvalue weighted by Crippen LogP contribution is -2.35. The summed E-state index contributed by atoms with van der Waals surface area (Å²) in [4.78, 5) is 12.5. The quantitative estimate of drug-likeness (QED) is 0.492. The van der Waals surface area contributed by atoms with Gasteiger partial charge in [0.15, 0.2) is 0 Å². The van der Waals surface area contributed by atoms with E-state index in [-0.39, 0.29) is 21.9 Å². The van der Waals surface area contributed by atoms with Crippen molar-refractivity contribution in [1.29, 1.82) is 0 Å². The maximum Gasteiger partial charge on any atom is 0.277 e. The first-order valence-corrected chi connectivity index (χ1v) is 12.7. The normalized spacial score (nSPS) is 16.0. The molecule has 1 N–H and O–H groups in total. The fourth-order valence-electron chi connectivity index (χ4n) is 3.35. The average Bonchev–Trinajstić information content (AvgIpc) is 3.50. The SMILES string of the molecule is C[C@H](Sc1nnc(-c2cccc(S(=O)(=O)N3CCCCC3)c2)o1)C(=O)NCc1ccco1. The number of sulfonamides is 1. The maximum absolute atomic E-state index is 12.9. The van der Waals surface area contributed by atoms with Crippen LogP contribution in [0.5, 0.6) is 0 Å². The summed E-state index contributed by atoms with van der Waals surface area (Å²) < 4.78 is 38.3. The molecule has 1 atom stereocenters. The van der Waals surface area contributed by atoms with Crippen LogP contribution in [0.2, 0.25) is 0 Å². The Morgan fingerprint density at radius 1 is 1.19 bits per heavy atom. The fourth-order valence-corrected chi connectivity index (χ4v) is 5.63. The van der Waals surface area contributed by atoms with Gasteiger partial charge in [0.2, 0.25) is 21.8 Å². The Morgan fingerprint density at radius 2 is 2.00 bits per heavy atom. The number of hydrogen-bond donors (Lipinski definition) is 1. The van der Waals surface area contributed by atoms with Crippen molar-refractivity contribution in [2.24, 2.45) is 0 Å². The number of benzene rings is 1. The van der Waals surface area contributed by atoms with Gasteiger partial charge in [-0.15, -0.1) is 10.2 Å². The van der Waals surface area contributed by atoms with E-state index in [1.54, 1.807) is 49.6 Å². The molecule has 1 aromatic carbocycles. The molecule has 0 bridgehead atoms. The Kier molecular flexibility index (Phi) is 6.97. The topological polar surface area (TPSA) is 119 Å². The second-order valence-corrected chi connectivity index (χ2v) is 10.7. The highest BCUT2D eigenvalue weighted by Crippen LogP contribution is 2.28. The van der Waals surface area contributed by atoms with Gasteiger partial charge in [0.1, 0.15) is 5.76 Å². The zero-order valence-corrected chi connectivity index (χ0v) is 19.2. The number of amides is 1. The van der Waals surface area contributed by atoms with E-state index in [9.17, 15) is 13.2 Å². The second-order valence-electron chi connectivity index (χ2n) is 7.42. The third-order valence-electron chi connectivity index (χ3n) is 5.10. The minimum atomic E-state index is -3.56. The van der Waals surface area contributed by atoms with Gasteiger partial charge in [0.25, 0.3) is 5.22 Å². The summed E-state index contributed by atoms with van der Waals surface area (Å²) in [6, 6.07) is 10.0. The minimum absolute atomic E-state index is 0.194. The van der Waals surface area contributed by atoms with Crippen LogP contribution in [-0.2, 0) is 21.4 Å². The van der Waals surface area contributed by atoms with Crippen molar-refractivity contribution in [3.8, 4) is 11.5 Å². The first-order chi connectivity index (χ1) is 15.4. The summed E-state index contributed by atoms with van der Waals surface area (Å²) in [7, 11) is -3.56. The monoisotopic (exact) mass is 476 g/mol. The molecule has 4 rings (SSSR count). The second kappa shape index (κ2) is 9.88.